The molecule has 2 rings (SSSR count). The maximum atomic E-state index is 13.3. The van der Waals surface area contributed by atoms with Crippen LogP contribution in [0, 0.1) is 5.82 Å². The van der Waals surface area contributed by atoms with Gasteiger partial charge in [-0.1, -0.05) is 0 Å². The first-order valence-corrected chi connectivity index (χ1v) is 4.92. The molecule has 0 fully saturated rings. The first-order valence-electron chi connectivity index (χ1n) is 4.92. The smallest absolute Gasteiger partial charge is 0.147 e. The van der Waals surface area contributed by atoms with E-state index in [1.807, 2.05) is 7.05 Å². The van der Waals surface area contributed by atoms with Gasteiger partial charge in [0.15, 0.2) is 0 Å². The fourth-order valence-electron chi connectivity index (χ4n) is 1.53. The van der Waals surface area contributed by atoms with Gasteiger partial charge in [-0.25, -0.2) is 9.37 Å². The molecule has 2 aromatic heterocycles. The lowest BCUT2D eigenvalue weighted by Gasteiger charge is -2.11. The Kier molecular flexibility index (Phi) is 2.96. The fourth-order valence-corrected chi connectivity index (χ4v) is 1.53. The van der Waals surface area contributed by atoms with Crippen LogP contribution in [-0.2, 0) is 13.5 Å². The second-order valence-electron chi connectivity index (χ2n) is 3.57. The van der Waals surface area contributed by atoms with Gasteiger partial charge in [0.2, 0.25) is 0 Å². The second kappa shape index (κ2) is 4.40. The molecule has 2 aromatic rings. The van der Waals surface area contributed by atoms with E-state index in [9.17, 15) is 9.50 Å². The van der Waals surface area contributed by atoms with Crippen LogP contribution in [0.3, 0.4) is 0 Å². The standard InChI is InChI=1S/C11H12FN3O/c1-15-5-4-14-11(15)6-10(16)8-2-3-13-7-9(8)12/h2-5,7,10,16H,6H2,1H3. The molecule has 0 aliphatic rings. The lowest BCUT2D eigenvalue weighted by Crippen LogP contribution is -2.08. The minimum Gasteiger partial charge on any atom is -0.388 e. The number of hydrogen-bond acceptors (Lipinski definition) is 3. The molecule has 2 heterocycles. The average Bonchev–Trinajstić information content (AvgIpc) is 2.65. The zero-order valence-electron chi connectivity index (χ0n) is 8.84. The Morgan fingerprint density at radius 3 is 2.94 bits per heavy atom. The molecule has 0 aliphatic carbocycles. The lowest BCUT2D eigenvalue weighted by molar-refractivity contribution is 0.170. The lowest BCUT2D eigenvalue weighted by atomic mass is 10.1. The number of hydrogen-bond donors (Lipinski definition) is 1. The van der Waals surface area contributed by atoms with E-state index >= 15 is 0 Å². The van der Waals surface area contributed by atoms with E-state index in [1.165, 1.54) is 12.3 Å². The Morgan fingerprint density at radius 1 is 1.50 bits per heavy atom. The Balaban J connectivity index is 2.18. The maximum absolute atomic E-state index is 13.3. The number of halogens is 1. The summed E-state index contributed by atoms with van der Waals surface area (Å²) in [5, 5.41) is 9.88. The van der Waals surface area contributed by atoms with E-state index in [-0.39, 0.29) is 12.0 Å². The van der Waals surface area contributed by atoms with Crippen molar-refractivity contribution in [2.24, 2.45) is 7.05 Å². The molecule has 0 aromatic carbocycles. The summed E-state index contributed by atoms with van der Waals surface area (Å²) in [5.74, 6) is 0.216. The van der Waals surface area contributed by atoms with Crippen molar-refractivity contribution in [3.8, 4) is 0 Å². The second-order valence-corrected chi connectivity index (χ2v) is 3.57. The summed E-state index contributed by atoms with van der Waals surface area (Å²) in [6, 6.07) is 1.48. The quantitative estimate of drug-likeness (QED) is 0.848. The molecule has 0 saturated carbocycles. The molecule has 1 atom stereocenters. The van der Waals surface area contributed by atoms with Gasteiger partial charge in [0, 0.05) is 37.6 Å². The molecule has 1 N–H and O–H groups in total. The highest BCUT2D eigenvalue weighted by atomic mass is 19.1. The van der Waals surface area contributed by atoms with Gasteiger partial charge >= 0.3 is 0 Å². The van der Waals surface area contributed by atoms with Crippen molar-refractivity contribution in [1.29, 1.82) is 0 Å². The number of aromatic nitrogens is 3. The number of pyridine rings is 1. The summed E-state index contributed by atoms with van der Waals surface area (Å²) < 4.78 is 15.1. The van der Waals surface area contributed by atoms with Crippen LogP contribution in [0.4, 0.5) is 4.39 Å². The van der Waals surface area contributed by atoms with Crippen LogP contribution in [0.5, 0.6) is 0 Å². The number of nitrogens with zero attached hydrogens (tertiary/aromatic N) is 3. The van der Waals surface area contributed by atoms with Crippen LogP contribution in [0.2, 0.25) is 0 Å². The molecule has 5 heteroatoms. The van der Waals surface area contributed by atoms with E-state index < -0.39 is 11.9 Å². The van der Waals surface area contributed by atoms with E-state index in [2.05, 4.69) is 9.97 Å². The molecule has 0 amide bonds. The van der Waals surface area contributed by atoms with Crippen LogP contribution in [0.15, 0.2) is 30.9 Å². The molecule has 84 valence electrons. The highest BCUT2D eigenvalue weighted by Gasteiger charge is 2.15. The van der Waals surface area contributed by atoms with Gasteiger partial charge in [-0.05, 0) is 6.07 Å². The molecule has 4 nitrogen and oxygen atoms in total. The Morgan fingerprint density at radius 2 is 2.31 bits per heavy atom. The molecule has 16 heavy (non-hydrogen) atoms. The van der Waals surface area contributed by atoms with Crippen molar-refractivity contribution < 1.29 is 9.50 Å². The number of imidazole rings is 1. The number of aliphatic hydroxyl groups is 1. The molecule has 0 bridgehead atoms. The Labute approximate surface area is 92.4 Å². The summed E-state index contributed by atoms with van der Waals surface area (Å²) in [7, 11) is 1.83. The van der Waals surface area contributed by atoms with Crippen molar-refractivity contribution in [3.63, 3.8) is 0 Å². The zero-order valence-corrected chi connectivity index (χ0v) is 8.84. The van der Waals surface area contributed by atoms with E-state index in [0.717, 1.165) is 6.20 Å². The van der Waals surface area contributed by atoms with Gasteiger partial charge in [0.25, 0.3) is 0 Å². The topological polar surface area (TPSA) is 50.9 Å². The third kappa shape index (κ3) is 2.09. The number of aryl methyl sites for hydroxylation is 1. The Hall–Kier alpha value is -1.75. The number of aliphatic hydroxyl groups excluding tert-OH is 1. The van der Waals surface area contributed by atoms with Crippen LogP contribution in [-0.4, -0.2) is 19.6 Å². The highest BCUT2D eigenvalue weighted by molar-refractivity contribution is 5.17. The van der Waals surface area contributed by atoms with E-state index in [0.29, 0.717) is 5.82 Å². The van der Waals surface area contributed by atoms with Gasteiger partial charge in [-0.2, -0.15) is 0 Å². The van der Waals surface area contributed by atoms with Crippen LogP contribution >= 0.6 is 0 Å². The molecular formula is C11H12FN3O. The Bertz CT molecular complexity index is 484. The predicted octanol–water partition coefficient (Wildman–Crippen LogP) is 1.23. The van der Waals surface area contributed by atoms with Crippen LogP contribution < -0.4 is 0 Å². The van der Waals surface area contributed by atoms with Crippen molar-refractivity contribution in [3.05, 3.63) is 48.1 Å². The van der Waals surface area contributed by atoms with Crippen molar-refractivity contribution in [1.82, 2.24) is 14.5 Å². The average molecular weight is 221 g/mol. The van der Waals surface area contributed by atoms with Crippen molar-refractivity contribution >= 4 is 0 Å². The van der Waals surface area contributed by atoms with Gasteiger partial charge < -0.3 is 9.67 Å². The van der Waals surface area contributed by atoms with Crippen molar-refractivity contribution in [2.75, 3.05) is 0 Å². The largest absolute Gasteiger partial charge is 0.388 e. The minimum absolute atomic E-state index is 0.248. The first-order chi connectivity index (χ1) is 7.68. The monoisotopic (exact) mass is 221 g/mol. The molecule has 1 unspecified atom stereocenters. The molecule has 0 aliphatic heterocycles. The van der Waals surface area contributed by atoms with Gasteiger partial charge in [0.1, 0.15) is 11.6 Å². The third-order valence-electron chi connectivity index (χ3n) is 2.46. The summed E-state index contributed by atoms with van der Waals surface area (Å²) in [4.78, 5) is 7.71. The van der Waals surface area contributed by atoms with E-state index in [4.69, 9.17) is 0 Å². The highest BCUT2D eigenvalue weighted by Crippen LogP contribution is 2.19. The predicted molar refractivity (Wildman–Crippen MR) is 56.1 cm³/mol. The molecule has 0 radical (unpaired) electrons. The van der Waals surface area contributed by atoms with Crippen LogP contribution in [0.1, 0.15) is 17.5 Å². The van der Waals surface area contributed by atoms with Crippen LogP contribution in [0.25, 0.3) is 0 Å². The summed E-state index contributed by atoms with van der Waals surface area (Å²) in [6.07, 6.45) is 5.36. The van der Waals surface area contributed by atoms with Crippen molar-refractivity contribution in [2.45, 2.75) is 12.5 Å². The summed E-state index contributed by atoms with van der Waals surface area (Å²) in [5.41, 5.74) is 0.248. The maximum Gasteiger partial charge on any atom is 0.147 e. The number of rotatable bonds is 3. The van der Waals surface area contributed by atoms with Gasteiger partial charge in [0.05, 0.1) is 12.3 Å². The zero-order chi connectivity index (χ0) is 11.5. The molecule has 0 saturated heterocycles. The van der Waals surface area contributed by atoms with Gasteiger partial charge in [-0.3, -0.25) is 4.98 Å². The fraction of sp³-hybridized carbons (Fsp3) is 0.273. The normalized spacial score (nSPS) is 12.7. The molecule has 0 spiro atoms. The SMILES string of the molecule is Cn1ccnc1CC(O)c1ccncc1F. The minimum atomic E-state index is -0.899. The van der Waals surface area contributed by atoms with E-state index in [1.54, 1.807) is 17.0 Å². The third-order valence-corrected chi connectivity index (χ3v) is 2.46. The van der Waals surface area contributed by atoms with Gasteiger partial charge in [-0.15, -0.1) is 0 Å². The first kappa shape index (κ1) is 10.8. The summed E-state index contributed by atoms with van der Waals surface area (Å²) in [6.45, 7) is 0. The summed E-state index contributed by atoms with van der Waals surface area (Å²) >= 11 is 0. The molecular weight excluding hydrogens is 209 g/mol.